The lowest BCUT2D eigenvalue weighted by Gasteiger charge is -2.38. The number of anilines is 1. The van der Waals surface area contributed by atoms with Gasteiger partial charge in [-0.05, 0) is 55.7 Å². The zero-order valence-corrected chi connectivity index (χ0v) is 16.2. The lowest BCUT2D eigenvalue weighted by Crippen LogP contribution is -2.44. The van der Waals surface area contributed by atoms with Crippen LogP contribution in [0.3, 0.4) is 0 Å². The predicted octanol–water partition coefficient (Wildman–Crippen LogP) is 3.60. The molecule has 28 heavy (non-hydrogen) atoms. The molecule has 0 bridgehead atoms. The zero-order valence-electron chi connectivity index (χ0n) is 16.2. The van der Waals surface area contributed by atoms with Gasteiger partial charge in [-0.15, -0.1) is 0 Å². The van der Waals surface area contributed by atoms with Crippen molar-refractivity contribution in [3.63, 3.8) is 0 Å². The highest BCUT2D eigenvalue weighted by molar-refractivity contribution is 5.99. The average Bonchev–Trinajstić information content (AvgIpc) is 2.73. The van der Waals surface area contributed by atoms with Crippen LogP contribution in [-0.4, -0.2) is 31.6 Å². The molecule has 0 aromatic heterocycles. The van der Waals surface area contributed by atoms with E-state index >= 15 is 0 Å². The molecule has 3 rings (SSSR count). The van der Waals surface area contributed by atoms with E-state index in [2.05, 4.69) is 48.4 Å². The third-order valence-corrected chi connectivity index (χ3v) is 5.30. The molecule has 1 fully saturated rings. The van der Waals surface area contributed by atoms with Crippen LogP contribution in [0.5, 0.6) is 0 Å². The van der Waals surface area contributed by atoms with Crippen LogP contribution in [0.15, 0.2) is 61.2 Å². The molecular weight excluding hydrogens is 352 g/mol. The summed E-state index contributed by atoms with van der Waals surface area (Å²) in [5, 5.41) is 5.77. The Balaban J connectivity index is 1.69. The summed E-state index contributed by atoms with van der Waals surface area (Å²) in [5.74, 6) is -0.406. The Kier molecular flexibility index (Phi) is 6.26. The molecule has 2 aromatic carbocycles. The van der Waals surface area contributed by atoms with Crippen LogP contribution in [0.4, 0.5) is 5.69 Å². The van der Waals surface area contributed by atoms with E-state index in [4.69, 9.17) is 4.74 Å². The number of aryl methyl sites for hydroxylation is 1. The van der Waals surface area contributed by atoms with Gasteiger partial charge >= 0.3 is 0 Å². The number of amides is 2. The number of nitrogens with one attached hydrogen (secondary N) is 2. The van der Waals surface area contributed by atoms with Gasteiger partial charge in [-0.2, -0.15) is 0 Å². The number of hydrogen-bond donors (Lipinski definition) is 2. The number of carbonyl (C=O) groups is 2. The molecule has 1 heterocycles. The summed E-state index contributed by atoms with van der Waals surface area (Å²) in [6.45, 7) is 7.45. The summed E-state index contributed by atoms with van der Waals surface area (Å²) in [4.78, 5) is 24.0. The topological polar surface area (TPSA) is 67.4 Å². The molecule has 1 aliphatic heterocycles. The van der Waals surface area contributed by atoms with Gasteiger partial charge in [-0.1, -0.05) is 36.4 Å². The molecule has 0 aliphatic carbocycles. The maximum Gasteiger partial charge on any atom is 0.251 e. The van der Waals surface area contributed by atoms with Crippen LogP contribution in [-0.2, 0) is 14.9 Å². The Labute approximate surface area is 165 Å². The molecule has 1 aliphatic rings. The van der Waals surface area contributed by atoms with Gasteiger partial charge in [0.05, 0.1) is 0 Å². The Morgan fingerprint density at radius 3 is 2.32 bits per heavy atom. The molecule has 5 heteroatoms. The molecule has 5 nitrogen and oxygen atoms in total. The standard InChI is InChI=1S/C23H26N2O3/c1-3-21(26)25-20-10-6-18(7-11-20)22(27)24-16-23(12-14-28-15-13-23)19-8-4-17(2)5-9-19/h3-11H,1,12-16H2,2H3,(H,24,27)(H,25,26). The number of carbonyl (C=O) groups excluding carboxylic acids is 2. The van der Waals surface area contributed by atoms with E-state index in [1.54, 1.807) is 24.3 Å². The third kappa shape index (κ3) is 4.67. The summed E-state index contributed by atoms with van der Waals surface area (Å²) in [6.07, 6.45) is 2.96. The van der Waals surface area contributed by atoms with Gasteiger partial charge in [-0.25, -0.2) is 0 Å². The van der Waals surface area contributed by atoms with Gasteiger partial charge in [0.1, 0.15) is 0 Å². The van der Waals surface area contributed by atoms with Gasteiger partial charge in [-0.3, -0.25) is 9.59 Å². The number of hydrogen-bond acceptors (Lipinski definition) is 3. The van der Waals surface area contributed by atoms with Crippen LogP contribution in [0.2, 0.25) is 0 Å². The maximum atomic E-state index is 12.7. The summed E-state index contributed by atoms with van der Waals surface area (Å²) in [5.41, 5.74) is 3.53. The molecule has 0 spiro atoms. The van der Waals surface area contributed by atoms with Crippen LogP contribution >= 0.6 is 0 Å². The van der Waals surface area contributed by atoms with E-state index in [1.165, 1.54) is 17.2 Å². The van der Waals surface area contributed by atoms with Crippen molar-refractivity contribution in [2.45, 2.75) is 25.2 Å². The molecule has 2 N–H and O–H groups in total. The molecular formula is C23H26N2O3. The van der Waals surface area contributed by atoms with Crippen LogP contribution in [0.25, 0.3) is 0 Å². The highest BCUT2D eigenvalue weighted by Gasteiger charge is 2.34. The maximum absolute atomic E-state index is 12.7. The Morgan fingerprint density at radius 1 is 1.07 bits per heavy atom. The molecule has 0 atom stereocenters. The van der Waals surface area contributed by atoms with Crippen molar-refractivity contribution in [1.29, 1.82) is 0 Å². The SMILES string of the molecule is C=CC(=O)Nc1ccc(C(=O)NCC2(c3ccc(C)cc3)CCOCC2)cc1. The Morgan fingerprint density at radius 2 is 1.71 bits per heavy atom. The second kappa shape index (κ2) is 8.85. The van der Waals surface area contributed by atoms with Crippen molar-refractivity contribution in [1.82, 2.24) is 5.32 Å². The van der Waals surface area contributed by atoms with Crippen molar-refractivity contribution in [2.75, 3.05) is 25.1 Å². The first-order valence-electron chi connectivity index (χ1n) is 9.49. The van der Waals surface area contributed by atoms with Gasteiger partial charge in [0.15, 0.2) is 0 Å². The fraction of sp³-hybridized carbons (Fsp3) is 0.304. The van der Waals surface area contributed by atoms with Crippen molar-refractivity contribution < 1.29 is 14.3 Å². The van der Waals surface area contributed by atoms with Crippen LogP contribution < -0.4 is 10.6 Å². The Bertz CT molecular complexity index is 835. The molecule has 0 unspecified atom stereocenters. The van der Waals surface area contributed by atoms with Crippen LogP contribution in [0, 0.1) is 6.92 Å². The van der Waals surface area contributed by atoms with E-state index in [1.807, 2.05) is 0 Å². The van der Waals surface area contributed by atoms with Gasteiger partial charge in [0.25, 0.3) is 5.91 Å². The predicted molar refractivity (Wildman–Crippen MR) is 111 cm³/mol. The van der Waals surface area contributed by atoms with E-state index in [0.29, 0.717) is 31.0 Å². The molecule has 146 valence electrons. The van der Waals surface area contributed by atoms with E-state index < -0.39 is 0 Å². The average molecular weight is 378 g/mol. The second-order valence-corrected chi connectivity index (χ2v) is 7.21. The zero-order chi connectivity index (χ0) is 20.0. The quantitative estimate of drug-likeness (QED) is 0.755. The van der Waals surface area contributed by atoms with Crippen molar-refractivity contribution >= 4 is 17.5 Å². The van der Waals surface area contributed by atoms with Gasteiger partial charge < -0.3 is 15.4 Å². The lowest BCUT2D eigenvalue weighted by atomic mass is 9.74. The first-order valence-corrected chi connectivity index (χ1v) is 9.49. The monoisotopic (exact) mass is 378 g/mol. The highest BCUT2D eigenvalue weighted by atomic mass is 16.5. The van der Waals surface area contributed by atoms with Crippen molar-refractivity contribution in [3.8, 4) is 0 Å². The molecule has 0 saturated carbocycles. The summed E-state index contributed by atoms with van der Waals surface area (Å²) >= 11 is 0. The lowest BCUT2D eigenvalue weighted by molar-refractivity contribution is -0.111. The van der Waals surface area contributed by atoms with Crippen LogP contribution in [0.1, 0.15) is 34.3 Å². The smallest absolute Gasteiger partial charge is 0.251 e. The summed E-state index contributed by atoms with van der Waals surface area (Å²) < 4.78 is 5.56. The first-order chi connectivity index (χ1) is 13.5. The summed E-state index contributed by atoms with van der Waals surface area (Å²) in [6, 6.07) is 15.4. The minimum absolute atomic E-state index is 0.112. The number of ether oxygens (including phenoxy) is 1. The minimum atomic E-state index is -0.281. The summed E-state index contributed by atoms with van der Waals surface area (Å²) in [7, 11) is 0. The molecule has 0 radical (unpaired) electrons. The second-order valence-electron chi connectivity index (χ2n) is 7.21. The van der Waals surface area contributed by atoms with E-state index in [-0.39, 0.29) is 17.2 Å². The normalized spacial score (nSPS) is 15.5. The highest BCUT2D eigenvalue weighted by Crippen LogP contribution is 2.34. The number of rotatable bonds is 6. The number of benzene rings is 2. The van der Waals surface area contributed by atoms with Crippen molar-refractivity contribution in [2.24, 2.45) is 0 Å². The van der Waals surface area contributed by atoms with E-state index in [9.17, 15) is 9.59 Å². The largest absolute Gasteiger partial charge is 0.381 e. The van der Waals surface area contributed by atoms with Gasteiger partial charge in [0, 0.05) is 36.4 Å². The first kappa shape index (κ1) is 19.8. The fourth-order valence-corrected chi connectivity index (χ4v) is 3.49. The van der Waals surface area contributed by atoms with E-state index in [0.717, 1.165) is 12.8 Å². The van der Waals surface area contributed by atoms with Gasteiger partial charge in [0.2, 0.25) is 5.91 Å². The Hall–Kier alpha value is -2.92. The third-order valence-electron chi connectivity index (χ3n) is 5.30. The molecule has 1 saturated heterocycles. The fourth-order valence-electron chi connectivity index (χ4n) is 3.49. The molecule has 2 aromatic rings. The molecule has 2 amide bonds. The van der Waals surface area contributed by atoms with Crippen molar-refractivity contribution in [3.05, 3.63) is 77.9 Å². The minimum Gasteiger partial charge on any atom is -0.381 e.